The van der Waals surface area contributed by atoms with Crippen molar-refractivity contribution in [3.8, 4) is 0 Å². The third-order valence-electron chi connectivity index (χ3n) is 2.21. The van der Waals surface area contributed by atoms with E-state index in [0.717, 1.165) is 12.8 Å². The number of halogens is 3. The molecule has 0 heterocycles. The minimum absolute atomic E-state index is 0.335. The van der Waals surface area contributed by atoms with Gasteiger partial charge in [0.05, 0.1) is 6.61 Å². The van der Waals surface area contributed by atoms with Gasteiger partial charge in [-0.3, -0.25) is 0 Å². The van der Waals surface area contributed by atoms with E-state index in [1.54, 1.807) is 0 Å². The Morgan fingerprint density at radius 3 is 2.00 bits per heavy atom. The normalized spacial score (nSPS) is 11.5. The second kappa shape index (κ2) is 9.89. The van der Waals surface area contributed by atoms with E-state index in [2.05, 4.69) is 54.7 Å². The number of alkyl halides is 3. The molecule has 0 unspecified atom stereocenters. The van der Waals surface area contributed by atoms with Crippen LogP contribution in [0.4, 0.5) is 0 Å². The zero-order chi connectivity index (χ0) is 12.4. The van der Waals surface area contributed by atoms with Gasteiger partial charge < -0.3 is 4.74 Å². The van der Waals surface area contributed by atoms with Gasteiger partial charge in [-0.25, -0.2) is 4.79 Å². The highest BCUT2D eigenvalue weighted by Crippen LogP contribution is 2.34. The van der Waals surface area contributed by atoms with E-state index >= 15 is 0 Å². The molecule has 0 aliphatic heterocycles. The zero-order valence-electron chi connectivity index (χ0n) is 9.61. The Labute approximate surface area is 123 Å². The van der Waals surface area contributed by atoms with Crippen LogP contribution >= 0.6 is 47.8 Å². The van der Waals surface area contributed by atoms with Crippen molar-refractivity contribution in [1.82, 2.24) is 0 Å². The first-order valence-electron chi connectivity index (χ1n) is 5.72. The number of hydrogen-bond acceptors (Lipinski definition) is 2. The Hall–Kier alpha value is 0.910. The number of esters is 1. The molecule has 0 rings (SSSR count). The third-order valence-corrected chi connectivity index (χ3v) is 3.18. The van der Waals surface area contributed by atoms with Gasteiger partial charge in [-0.1, -0.05) is 45.4 Å². The average Bonchev–Trinajstić information content (AvgIpc) is 2.20. The first kappa shape index (κ1) is 16.9. The summed E-state index contributed by atoms with van der Waals surface area (Å²) in [7, 11) is 0. The van der Waals surface area contributed by atoms with Crippen LogP contribution in [-0.2, 0) is 9.53 Å². The van der Waals surface area contributed by atoms with E-state index in [1.807, 2.05) is 0 Å². The lowest BCUT2D eigenvalue weighted by Crippen LogP contribution is -2.20. The van der Waals surface area contributed by atoms with Crippen molar-refractivity contribution in [3.63, 3.8) is 0 Å². The minimum atomic E-state index is -0.922. The standard InChI is InChI=1S/C11H19Br3O2/c1-2-3-4-5-6-7-8-9-16-10(15)11(12,13)14/h2-9H2,1H3. The van der Waals surface area contributed by atoms with Crippen molar-refractivity contribution < 1.29 is 9.53 Å². The smallest absolute Gasteiger partial charge is 0.344 e. The maximum Gasteiger partial charge on any atom is 0.344 e. The summed E-state index contributed by atoms with van der Waals surface area (Å²) in [6, 6.07) is 0. The summed E-state index contributed by atoms with van der Waals surface area (Å²) in [6.07, 6.45) is 8.54. The lowest BCUT2D eigenvalue weighted by Gasteiger charge is -2.11. The zero-order valence-corrected chi connectivity index (χ0v) is 14.4. The Morgan fingerprint density at radius 1 is 1.00 bits per heavy atom. The van der Waals surface area contributed by atoms with Crippen molar-refractivity contribution in [2.45, 2.75) is 54.0 Å². The summed E-state index contributed by atoms with van der Waals surface area (Å²) in [6.45, 7) is 2.71. The molecule has 5 heteroatoms. The van der Waals surface area contributed by atoms with Crippen LogP contribution in [0, 0.1) is 0 Å². The van der Waals surface area contributed by atoms with Crippen LogP contribution in [0.25, 0.3) is 0 Å². The molecule has 0 spiro atoms. The van der Waals surface area contributed by atoms with Gasteiger partial charge in [0.2, 0.25) is 2.14 Å². The fourth-order valence-electron chi connectivity index (χ4n) is 1.31. The van der Waals surface area contributed by atoms with Gasteiger partial charge in [-0.15, -0.1) is 0 Å². The van der Waals surface area contributed by atoms with E-state index in [9.17, 15) is 4.79 Å². The molecule has 0 N–H and O–H groups in total. The maximum absolute atomic E-state index is 11.3. The molecule has 0 saturated carbocycles. The molecule has 0 aliphatic rings. The van der Waals surface area contributed by atoms with Crippen LogP contribution in [-0.4, -0.2) is 14.7 Å². The Morgan fingerprint density at radius 2 is 1.50 bits per heavy atom. The van der Waals surface area contributed by atoms with Crippen LogP contribution in [0.2, 0.25) is 0 Å². The summed E-state index contributed by atoms with van der Waals surface area (Å²) in [5, 5.41) is 0. The van der Waals surface area contributed by atoms with Gasteiger partial charge in [0, 0.05) is 0 Å². The van der Waals surface area contributed by atoms with E-state index in [4.69, 9.17) is 4.74 Å². The topological polar surface area (TPSA) is 26.3 Å². The molecule has 0 bridgehead atoms. The fraction of sp³-hybridized carbons (Fsp3) is 0.909. The number of hydrogen-bond donors (Lipinski definition) is 0. The van der Waals surface area contributed by atoms with Crippen LogP contribution in [0.3, 0.4) is 0 Å². The van der Waals surface area contributed by atoms with Crippen LogP contribution < -0.4 is 0 Å². The molecule has 0 saturated heterocycles. The van der Waals surface area contributed by atoms with Gasteiger partial charge in [-0.05, 0) is 54.2 Å². The number of unbranched alkanes of at least 4 members (excludes halogenated alkanes) is 6. The molecule has 0 fully saturated rings. The predicted octanol–water partition coefficient (Wildman–Crippen LogP) is 5.12. The molecule has 2 nitrogen and oxygen atoms in total. The summed E-state index contributed by atoms with van der Waals surface area (Å²) < 4.78 is 4.13. The molecule has 0 aromatic rings. The maximum atomic E-state index is 11.3. The second-order valence-electron chi connectivity index (χ2n) is 3.75. The van der Waals surface area contributed by atoms with Crippen molar-refractivity contribution in [3.05, 3.63) is 0 Å². The Balaban J connectivity index is 3.25. The van der Waals surface area contributed by atoms with Crippen molar-refractivity contribution in [2.75, 3.05) is 6.61 Å². The van der Waals surface area contributed by atoms with Crippen molar-refractivity contribution >= 4 is 53.8 Å². The lowest BCUT2D eigenvalue weighted by atomic mass is 10.1. The molecular weight excluding hydrogens is 404 g/mol. The molecular formula is C11H19Br3O2. The van der Waals surface area contributed by atoms with Gasteiger partial charge >= 0.3 is 5.97 Å². The van der Waals surface area contributed by atoms with E-state index in [1.165, 1.54) is 32.1 Å². The van der Waals surface area contributed by atoms with E-state index in [0.29, 0.717) is 6.61 Å². The van der Waals surface area contributed by atoms with Crippen LogP contribution in [0.1, 0.15) is 51.9 Å². The molecule has 0 atom stereocenters. The fourth-order valence-corrected chi connectivity index (χ4v) is 1.65. The number of ether oxygens (including phenoxy) is 1. The number of carbonyl (C=O) groups excluding carboxylic acids is 1. The van der Waals surface area contributed by atoms with Gasteiger partial charge in [-0.2, -0.15) is 0 Å². The molecule has 16 heavy (non-hydrogen) atoms. The predicted molar refractivity (Wildman–Crippen MR) is 78.5 cm³/mol. The molecule has 0 aliphatic carbocycles. The lowest BCUT2D eigenvalue weighted by molar-refractivity contribution is -0.141. The van der Waals surface area contributed by atoms with Gasteiger partial charge in [0.15, 0.2) is 0 Å². The van der Waals surface area contributed by atoms with Gasteiger partial charge in [0.1, 0.15) is 0 Å². The van der Waals surface area contributed by atoms with E-state index < -0.39 is 2.14 Å². The first-order chi connectivity index (χ1) is 7.48. The average molecular weight is 423 g/mol. The Kier molecular flexibility index (Phi) is 10.5. The molecule has 0 radical (unpaired) electrons. The van der Waals surface area contributed by atoms with Crippen molar-refractivity contribution in [1.29, 1.82) is 0 Å². The molecule has 0 aromatic carbocycles. The quantitative estimate of drug-likeness (QED) is 0.308. The van der Waals surface area contributed by atoms with Crippen LogP contribution in [0.15, 0.2) is 0 Å². The Bertz CT molecular complexity index is 190. The van der Waals surface area contributed by atoms with E-state index in [-0.39, 0.29) is 5.97 Å². The monoisotopic (exact) mass is 420 g/mol. The summed E-state index contributed by atoms with van der Waals surface area (Å²) >= 11 is 9.34. The molecule has 0 aromatic heterocycles. The summed E-state index contributed by atoms with van der Waals surface area (Å²) in [4.78, 5) is 11.3. The first-order valence-corrected chi connectivity index (χ1v) is 8.10. The molecule has 96 valence electrons. The SMILES string of the molecule is CCCCCCCCCOC(=O)C(Br)(Br)Br. The number of rotatable bonds is 8. The second-order valence-corrected chi connectivity index (χ2v) is 10.5. The minimum Gasteiger partial charge on any atom is -0.463 e. The summed E-state index contributed by atoms with van der Waals surface area (Å²) in [5.74, 6) is -0.335. The highest BCUT2D eigenvalue weighted by atomic mass is 80.0. The molecule has 0 amide bonds. The highest BCUT2D eigenvalue weighted by molar-refractivity contribution is 9.40. The largest absolute Gasteiger partial charge is 0.463 e. The third kappa shape index (κ3) is 10.1. The van der Waals surface area contributed by atoms with Crippen LogP contribution in [0.5, 0.6) is 0 Å². The number of carbonyl (C=O) groups is 1. The van der Waals surface area contributed by atoms with Crippen molar-refractivity contribution in [2.24, 2.45) is 0 Å². The van der Waals surface area contributed by atoms with Gasteiger partial charge in [0.25, 0.3) is 0 Å². The summed E-state index contributed by atoms with van der Waals surface area (Å²) in [5.41, 5.74) is 0. The highest BCUT2D eigenvalue weighted by Gasteiger charge is 2.30.